The van der Waals surface area contributed by atoms with E-state index in [-0.39, 0.29) is 5.41 Å². The molecule has 0 radical (unpaired) electrons. The van der Waals surface area contributed by atoms with Crippen molar-refractivity contribution in [3.05, 3.63) is 12.2 Å². The van der Waals surface area contributed by atoms with Gasteiger partial charge in [-0.3, -0.25) is 4.79 Å². The largest absolute Gasteiger partial charge is 0.415 e. The number of carbonyl (C=O) groups is 1. The summed E-state index contributed by atoms with van der Waals surface area (Å²) >= 11 is 0. The lowest BCUT2D eigenvalue weighted by Crippen LogP contribution is -2.29. The van der Waals surface area contributed by atoms with Gasteiger partial charge in [0.15, 0.2) is 5.41 Å². The Morgan fingerprint density at radius 3 is 2.58 bits per heavy atom. The fraction of sp³-hybridized carbons (Fsp3) is 0.625. The quantitative estimate of drug-likeness (QED) is 0.483. The predicted molar refractivity (Wildman–Crippen MR) is 52.5 cm³/mol. The molecule has 1 atom stereocenters. The molecule has 0 aliphatic rings. The molecule has 0 aromatic carbocycles. The summed E-state index contributed by atoms with van der Waals surface area (Å²) in [6.07, 6.45) is 0.865. The molecular formula is C8H17NO2Si. The zero-order valence-electron chi connectivity index (χ0n) is 7.80. The van der Waals surface area contributed by atoms with Crippen molar-refractivity contribution < 1.29 is 9.22 Å². The van der Waals surface area contributed by atoms with E-state index in [2.05, 4.69) is 6.58 Å². The lowest BCUT2D eigenvalue weighted by atomic mass is 10.4. The number of hydrogen-bond acceptors (Lipinski definition) is 3. The first-order valence-electron chi connectivity index (χ1n) is 4.06. The molecule has 3 nitrogen and oxygen atoms in total. The predicted octanol–water partition coefficient (Wildman–Crippen LogP) is 0.390. The second kappa shape index (κ2) is 6.11. The van der Waals surface area contributed by atoms with Crippen LogP contribution in [-0.4, -0.2) is 28.1 Å². The summed E-state index contributed by atoms with van der Waals surface area (Å²) in [6.45, 7) is 5.95. The second-order valence-corrected chi connectivity index (χ2v) is 5.35. The molecule has 0 saturated heterocycles. The molecule has 0 fully saturated rings. The monoisotopic (exact) mass is 187 g/mol. The molecule has 12 heavy (non-hydrogen) atoms. The lowest BCUT2D eigenvalue weighted by molar-refractivity contribution is -0.110. The highest BCUT2D eigenvalue weighted by Crippen LogP contribution is 2.03. The van der Waals surface area contributed by atoms with Crippen LogP contribution in [0.2, 0.25) is 6.04 Å². The molecule has 0 spiro atoms. The maximum atomic E-state index is 11.4. The van der Waals surface area contributed by atoms with Crippen molar-refractivity contribution in [2.24, 2.45) is 5.73 Å². The summed E-state index contributed by atoms with van der Waals surface area (Å²) in [5.74, 6) is 0. The maximum Gasteiger partial charge on any atom is 0.254 e. The fourth-order valence-corrected chi connectivity index (χ4v) is 2.80. The summed E-state index contributed by atoms with van der Waals surface area (Å²) < 4.78 is 5.15. The number of rotatable bonds is 6. The molecular weight excluding hydrogens is 170 g/mol. The minimum atomic E-state index is -1.70. The first kappa shape index (κ1) is 11.5. The normalized spacial score (nSPS) is 12.6. The number of carbonyl (C=O) groups excluding carboxylic acids is 1. The van der Waals surface area contributed by atoms with Gasteiger partial charge in [-0.15, -0.1) is 0 Å². The summed E-state index contributed by atoms with van der Waals surface area (Å²) in [4.78, 5) is 11.4. The van der Waals surface area contributed by atoms with Gasteiger partial charge in [0.1, 0.15) is 0 Å². The molecule has 0 aliphatic heterocycles. The Hall–Kier alpha value is -0.453. The van der Waals surface area contributed by atoms with Crippen molar-refractivity contribution in [1.29, 1.82) is 0 Å². The van der Waals surface area contributed by atoms with Crippen LogP contribution in [0.4, 0.5) is 0 Å². The Balaban J connectivity index is 3.96. The van der Waals surface area contributed by atoms with Crippen molar-refractivity contribution in [1.82, 2.24) is 0 Å². The SMILES string of the molecule is C=C(C)C(=O)[SiH](CCCN)OC. The van der Waals surface area contributed by atoms with Crippen molar-refractivity contribution in [3.63, 3.8) is 0 Å². The highest BCUT2D eigenvalue weighted by atomic mass is 28.3. The Bertz CT molecular complexity index is 170. The number of hydrogen-bond donors (Lipinski definition) is 1. The second-order valence-electron chi connectivity index (χ2n) is 2.80. The van der Waals surface area contributed by atoms with Crippen LogP contribution in [0, 0.1) is 0 Å². The van der Waals surface area contributed by atoms with Crippen LogP contribution in [0.15, 0.2) is 12.2 Å². The zero-order valence-corrected chi connectivity index (χ0v) is 8.95. The van der Waals surface area contributed by atoms with Crippen molar-refractivity contribution in [2.75, 3.05) is 13.7 Å². The Morgan fingerprint density at radius 2 is 2.25 bits per heavy atom. The molecule has 70 valence electrons. The van der Waals surface area contributed by atoms with Crippen LogP contribution >= 0.6 is 0 Å². The van der Waals surface area contributed by atoms with Crippen LogP contribution in [0.25, 0.3) is 0 Å². The van der Waals surface area contributed by atoms with Gasteiger partial charge in [0.05, 0.1) is 0 Å². The van der Waals surface area contributed by atoms with Crippen LogP contribution in [0.5, 0.6) is 0 Å². The highest BCUT2D eigenvalue weighted by molar-refractivity contribution is 6.88. The van der Waals surface area contributed by atoms with E-state index in [4.69, 9.17) is 10.2 Å². The molecule has 0 amide bonds. The Morgan fingerprint density at radius 1 is 1.67 bits per heavy atom. The fourth-order valence-electron chi connectivity index (χ4n) is 0.934. The molecule has 0 aromatic heterocycles. The highest BCUT2D eigenvalue weighted by Gasteiger charge is 2.19. The maximum absolute atomic E-state index is 11.4. The summed E-state index contributed by atoms with van der Waals surface area (Å²) in [6, 6.07) is 0.818. The number of nitrogens with two attached hydrogens (primary N) is 1. The van der Waals surface area contributed by atoms with E-state index in [1.54, 1.807) is 14.0 Å². The van der Waals surface area contributed by atoms with Gasteiger partial charge in [0, 0.05) is 7.11 Å². The Kier molecular flexibility index (Phi) is 5.88. The van der Waals surface area contributed by atoms with Gasteiger partial charge in [-0.25, -0.2) is 0 Å². The van der Waals surface area contributed by atoms with E-state index in [9.17, 15) is 4.79 Å². The topological polar surface area (TPSA) is 52.3 Å². The van der Waals surface area contributed by atoms with Crippen molar-refractivity contribution >= 4 is 14.4 Å². The average Bonchev–Trinajstić information content (AvgIpc) is 2.05. The van der Waals surface area contributed by atoms with E-state index in [1.165, 1.54) is 0 Å². The van der Waals surface area contributed by atoms with Crippen LogP contribution in [-0.2, 0) is 9.22 Å². The molecule has 0 rings (SSSR count). The van der Waals surface area contributed by atoms with Gasteiger partial charge in [-0.05, 0) is 31.5 Å². The van der Waals surface area contributed by atoms with Gasteiger partial charge in [-0.1, -0.05) is 6.58 Å². The summed E-state index contributed by atoms with van der Waals surface area (Å²) in [5.41, 5.74) is 5.94. The minimum absolute atomic E-state index is 0.117. The first-order chi connectivity index (χ1) is 5.63. The van der Waals surface area contributed by atoms with E-state index in [0.29, 0.717) is 12.1 Å². The third kappa shape index (κ3) is 3.80. The van der Waals surface area contributed by atoms with Gasteiger partial charge in [0.25, 0.3) is 9.04 Å². The van der Waals surface area contributed by atoms with Gasteiger partial charge in [0.2, 0.25) is 0 Å². The standard InChI is InChI=1S/C8H17NO2Si/c1-7(2)8(10)12(11-3)6-4-5-9/h12H,1,4-6,9H2,2-3H3. The van der Waals surface area contributed by atoms with Gasteiger partial charge < -0.3 is 10.2 Å². The van der Waals surface area contributed by atoms with E-state index in [1.807, 2.05) is 0 Å². The van der Waals surface area contributed by atoms with Gasteiger partial charge >= 0.3 is 0 Å². The smallest absolute Gasteiger partial charge is 0.254 e. The van der Waals surface area contributed by atoms with Crippen LogP contribution in [0.1, 0.15) is 13.3 Å². The van der Waals surface area contributed by atoms with E-state index < -0.39 is 9.04 Å². The molecule has 4 heteroatoms. The summed E-state index contributed by atoms with van der Waals surface area (Å²) in [5, 5.41) is 0.117. The average molecular weight is 187 g/mol. The van der Waals surface area contributed by atoms with E-state index >= 15 is 0 Å². The molecule has 0 heterocycles. The minimum Gasteiger partial charge on any atom is -0.415 e. The third-order valence-electron chi connectivity index (χ3n) is 1.67. The third-order valence-corrected chi connectivity index (χ3v) is 4.25. The molecule has 0 aromatic rings. The van der Waals surface area contributed by atoms with Gasteiger partial charge in [-0.2, -0.15) is 0 Å². The van der Waals surface area contributed by atoms with Crippen molar-refractivity contribution in [2.45, 2.75) is 19.4 Å². The van der Waals surface area contributed by atoms with Crippen LogP contribution < -0.4 is 5.73 Å². The lowest BCUT2D eigenvalue weighted by Gasteiger charge is -2.10. The van der Waals surface area contributed by atoms with Crippen molar-refractivity contribution in [3.8, 4) is 0 Å². The first-order valence-corrected chi connectivity index (χ1v) is 5.92. The van der Waals surface area contributed by atoms with E-state index in [0.717, 1.165) is 12.5 Å². The number of allylic oxidation sites excluding steroid dienone is 1. The Labute approximate surface area is 75.3 Å². The molecule has 2 N–H and O–H groups in total. The molecule has 0 saturated carbocycles. The molecule has 0 bridgehead atoms. The molecule has 1 unspecified atom stereocenters. The molecule has 0 aliphatic carbocycles. The van der Waals surface area contributed by atoms with Crippen LogP contribution in [0.3, 0.4) is 0 Å². The zero-order chi connectivity index (χ0) is 9.56. The summed E-state index contributed by atoms with van der Waals surface area (Å²) in [7, 11) is -0.110.